The zero-order valence-electron chi connectivity index (χ0n) is 18.1. The first-order valence-corrected chi connectivity index (χ1v) is 10.4. The van der Waals surface area contributed by atoms with E-state index in [1.807, 2.05) is 96.1 Å². The summed E-state index contributed by atoms with van der Waals surface area (Å²) < 4.78 is 8.67. The number of anilines is 1. The normalized spacial score (nSPS) is 10.6. The van der Waals surface area contributed by atoms with Gasteiger partial charge in [0.05, 0.1) is 29.8 Å². The predicted octanol–water partition coefficient (Wildman–Crippen LogP) is 0.840. The van der Waals surface area contributed by atoms with E-state index in [4.69, 9.17) is 9.84 Å². The van der Waals surface area contributed by atoms with E-state index < -0.39 is 0 Å². The van der Waals surface area contributed by atoms with Gasteiger partial charge in [0.2, 0.25) is 6.54 Å². The summed E-state index contributed by atoms with van der Waals surface area (Å²) in [4.78, 5) is 11.9. The van der Waals surface area contributed by atoms with Crippen LogP contribution in [0.3, 0.4) is 0 Å². The number of nitrogens with zero attached hydrogens (tertiary/aromatic N) is 4. The first-order chi connectivity index (χ1) is 15.7. The number of ether oxygens (including phenoxy) is 1. The first kappa shape index (κ1) is 23.9. The maximum atomic E-state index is 11.9. The van der Waals surface area contributed by atoms with Gasteiger partial charge in [-0.3, -0.25) is 5.43 Å². The van der Waals surface area contributed by atoms with Gasteiger partial charge in [0, 0.05) is 17.8 Å². The number of para-hydroxylation sites is 2. The highest BCUT2D eigenvalue weighted by Crippen LogP contribution is 2.21. The molecule has 0 aliphatic heterocycles. The number of carbonyl (C=O) groups is 1. The molecular formula is C25H24BrN5O2. The molecule has 0 radical (unpaired) electrons. The molecule has 2 heterocycles. The predicted molar refractivity (Wildman–Crippen MR) is 123 cm³/mol. The van der Waals surface area contributed by atoms with E-state index in [0.29, 0.717) is 6.61 Å². The highest BCUT2D eigenvalue weighted by atomic mass is 79.9. The van der Waals surface area contributed by atoms with Crippen molar-refractivity contribution in [2.24, 2.45) is 5.10 Å². The van der Waals surface area contributed by atoms with Crippen LogP contribution >= 0.6 is 0 Å². The number of pyridine rings is 1. The lowest BCUT2D eigenvalue weighted by Crippen LogP contribution is -3.00. The maximum Gasteiger partial charge on any atom is 0.372 e. The topological polar surface area (TPSA) is 72.4 Å². The lowest BCUT2D eigenvalue weighted by molar-refractivity contribution is -0.685. The Labute approximate surface area is 203 Å². The van der Waals surface area contributed by atoms with E-state index in [2.05, 4.69) is 10.5 Å². The number of halogens is 1. The molecule has 0 saturated carbocycles. The molecule has 0 saturated heterocycles. The van der Waals surface area contributed by atoms with Gasteiger partial charge in [0.1, 0.15) is 5.69 Å². The van der Waals surface area contributed by atoms with Crippen LogP contribution in [-0.4, -0.2) is 28.6 Å². The van der Waals surface area contributed by atoms with Crippen LogP contribution in [0.5, 0.6) is 0 Å². The Morgan fingerprint density at radius 2 is 1.82 bits per heavy atom. The van der Waals surface area contributed by atoms with Crippen molar-refractivity contribution in [1.82, 2.24) is 9.78 Å². The minimum absolute atomic E-state index is 0. The van der Waals surface area contributed by atoms with Gasteiger partial charge in [-0.25, -0.2) is 9.48 Å². The lowest BCUT2D eigenvalue weighted by atomic mass is 10.1. The second-order valence-electron chi connectivity index (χ2n) is 7.02. The van der Waals surface area contributed by atoms with Crippen LogP contribution in [0, 0.1) is 0 Å². The Morgan fingerprint density at radius 3 is 2.55 bits per heavy atom. The van der Waals surface area contributed by atoms with E-state index >= 15 is 0 Å². The lowest BCUT2D eigenvalue weighted by Gasteiger charge is -2.02. The van der Waals surface area contributed by atoms with Crippen molar-refractivity contribution < 1.29 is 31.1 Å². The minimum atomic E-state index is -0.279. The third-order valence-corrected chi connectivity index (χ3v) is 4.68. The summed E-state index contributed by atoms with van der Waals surface area (Å²) in [6.45, 7) is 2.29. The van der Waals surface area contributed by atoms with Crippen LogP contribution in [-0.2, 0) is 16.1 Å². The molecule has 0 fully saturated rings. The number of esters is 1. The van der Waals surface area contributed by atoms with Crippen LogP contribution in [0.2, 0.25) is 0 Å². The Kier molecular flexibility index (Phi) is 8.49. The van der Waals surface area contributed by atoms with Crippen molar-refractivity contribution in [3.05, 3.63) is 97.0 Å². The van der Waals surface area contributed by atoms with Crippen LogP contribution in [0.25, 0.3) is 16.9 Å². The van der Waals surface area contributed by atoms with Crippen LogP contribution in [0.4, 0.5) is 5.69 Å². The Balaban J connectivity index is 0.00000306. The van der Waals surface area contributed by atoms with Crippen molar-refractivity contribution in [2.45, 2.75) is 13.5 Å². The molecule has 0 bridgehead atoms. The van der Waals surface area contributed by atoms with Gasteiger partial charge in [-0.15, -0.1) is 0 Å². The monoisotopic (exact) mass is 505 g/mol. The van der Waals surface area contributed by atoms with E-state index in [0.717, 1.165) is 28.2 Å². The van der Waals surface area contributed by atoms with Crippen molar-refractivity contribution >= 4 is 17.9 Å². The molecule has 0 atom stereocenters. The quantitative estimate of drug-likeness (QED) is 0.167. The summed E-state index contributed by atoms with van der Waals surface area (Å²) >= 11 is 0. The molecule has 168 valence electrons. The average molecular weight is 506 g/mol. The summed E-state index contributed by atoms with van der Waals surface area (Å²) in [5, 5.41) is 9.19. The number of hydrogen-bond acceptors (Lipinski definition) is 5. The highest BCUT2D eigenvalue weighted by Gasteiger charge is 2.16. The number of benzene rings is 2. The van der Waals surface area contributed by atoms with Gasteiger partial charge in [-0.2, -0.15) is 14.8 Å². The molecule has 4 rings (SSSR count). The zero-order chi connectivity index (χ0) is 22.2. The fourth-order valence-corrected chi connectivity index (χ4v) is 3.22. The van der Waals surface area contributed by atoms with Crippen LogP contribution < -0.4 is 27.0 Å². The van der Waals surface area contributed by atoms with Gasteiger partial charge in [0.15, 0.2) is 12.4 Å². The molecule has 8 heteroatoms. The van der Waals surface area contributed by atoms with E-state index in [1.54, 1.807) is 17.7 Å². The smallest absolute Gasteiger partial charge is 0.372 e. The number of hydrazone groups is 1. The molecule has 0 aliphatic carbocycles. The standard InChI is InChI=1S/C25H24N5O2.BrH/c1-2-32-24(31)19-29-15-9-10-20(17-29)25-21(16-26-27-22-11-5-3-6-12-22)18-30(28-25)23-13-7-4-8-14-23;/h3-18,27H,2,19H2,1H3;1H/q+1;/p-1. The summed E-state index contributed by atoms with van der Waals surface area (Å²) in [5.41, 5.74) is 7.34. The molecule has 33 heavy (non-hydrogen) atoms. The van der Waals surface area contributed by atoms with Crippen molar-refractivity contribution in [1.29, 1.82) is 0 Å². The number of carbonyl (C=O) groups excluding carboxylic acids is 1. The van der Waals surface area contributed by atoms with Gasteiger partial charge in [-0.1, -0.05) is 36.4 Å². The number of aromatic nitrogens is 3. The number of hydrogen-bond donors (Lipinski definition) is 1. The Hall–Kier alpha value is -3.78. The molecular weight excluding hydrogens is 482 g/mol. The zero-order valence-corrected chi connectivity index (χ0v) is 19.7. The van der Waals surface area contributed by atoms with Crippen molar-refractivity contribution in [3.8, 4) is 16.9 Å². The second kappa shape index (κ2) is 11.7. The molecule has 0 spiro atoms. The Morgan fingerprint density at radius 1 is 1.09 bits per heavy atom. The van der Waals surface area contributed by atoms with Gasteiger partial charge in [-0.05, 0) is 37.3 Å². The first-order valence-electron chi connectivity index (χ1n) is 10.4. The molecule has 7 nitrogen and oxygen atoms in total. The van der Waals surface area contributed by atoms with Gasteiger partial charge >= 0.3 is 5.97 Å². The van der Waals surface area contributed by atoms with E-state index in [1.165, 1.54) is 0 Å². The third-order valence-electron chi connectivity index (χ3n) is 4.68. The molecule has 0 aliphatic rings. The summed E-state index contributed by atoms with van der Waals surface area (Å²) in [7, 11) is 0. The fraction of sp³-hybridized carbons (Fsp3) is 0.120. The molecule has 1 N–H and O–H groups in total. The number of nitrogens with one attached hydrogen (secondary N) is 1. The SMILES string of the molecule is CCOC(=O)C[n+]1cccc(-c2nn(-c3ccccc3)cc2C=NNc2ccccc2)c1.[Br-]. The molecule has 0 amide bonds. The summed E-state index contributed by atoms with van der Waals surface area (Å²) in [6, 6.07) is 23.5. The van der Waals surface area contributed by atoms with Crippen LogP contribution in [0.1, 0.15) is 12.5 Å². The number of rotatable bonds is 8. The second-order valence-corrected chi connectivity index (χ2v) is 7.02. The van der Waals surface area contributed by atoms with E-state index in [-0.39, 0.29) is 29.5 Å². The van der Waals surface area contributed by atoms with Gasteiger partial charge < -0.3 is 21.7 Å². The largest absolute Gasteiger partial charge is 1.00 e. The molecule has 0 unspecified atom stereocenters. The molecule has 2 aromatic heterocycles. The van der Waals surface area contributed by atoms with Crippen molar-refractivity contribution in [3.63, 3.8) is 0 Å². The average Bonchev–Trinajstić information content (AvgIpc) is 3.25. The molecule has 2 aromatic carbocycles. The van der Waals surface area contributed by atoms with Gasteiger partial charge in [0.25, 0.3) is 0 Å². The fourth-order valence-electron chi connectivity index (χ4n) is 3.22. The van der Waals surface area contributed by atoms with Crippen LogP contribution in [0.15, 0.2) is 96.5 Å². The highest BCUT2D eigenvalue weighted by molar-refractivity contribution is 5.89. The Bertz CT molecular complexity index is 1210. The minimum Gasteiger partial charge on any atom is -1.00 e. The van der Waals surface area contributed by atoms with E-state index in [9.17, 15) is 4.79 Å². The molecule has 4 aromatic rings. The van der Waals surface area contributed by atoms with Crippen molar-refractivity contribution in [2.75, 3.05) is 12.0 Å². The maximum absolute atomic E-state index is 11.9. The third kappa shape index (κ3) is 6.36. The summed E-state index contributed by atoms with van der Waals surface area (Å²) in [6.07, 6.45) is 7.40. The summed E-state index contributed by atoms with van der Waals surface area (Å²) in [5.74, 6) is -0.279.